The van der Waals surface area contributed by atoms with Gasteiger partial charge < -0.3 is 9.47 Å². The molecule has 180 valence electrons. The molecule has 7 heteroatoms. The predicted octanol–water partition coefficient (Wildman–Crippen LogP) is 5.18. The minimum absolute atomic E-state index is 0.291. The number of aryl methyl sites for hydroxylation is 1. The first-order chi connectivity index (χ1) is 17.4. The molecule has 3 aliphatic rings. The first-order valence-electron chi connectivity index (χ1n) is 11.7. The topological polar surface area (TPSA) is 72.9 Å². The van der Waals surface area contributed by atoms with Crippen molar-refractivity contribution in [3.05, 3.63) is 94.5 Å². The number of para-hydroxylation sites is 1. The number of fused-ring (bicyclic) bond motifs is 5. The molecule has 2 amide bonds. The normalized spacial score (nSPS) is 24.5. The summed E-state index contributed by atoms with van der Waals surface area (Å²) < 4.78 is 11.0. The van der Waals surface area contributed by atoms with Crippen molar-refractivity contribution in [3.8, 4) is 11.5 Å². The van der Waals surface area contributed by atoms with Gasteiger partial charge in [-0.05, 0) is 54.0 Å². The number of benzene rings is 3. The Morgan fingerprint density at radius 2 is 1.64 bits per heavy atom. The van der Waals surface area contributed by atoms with Crippen molar-refractivity contribution in [2.45, 2.75) is 12.8 Å². The minimum atomic E-state index is -0.914. The quantitative estimate of drug-likeness (QED) is 0.282. The summed E-state index contributed by atoms with van der Waals surface area (Å²) in [4.78, 5) is 42.3. The maximum absolute atomic E-state index is 13.9. The van der Waals surface area contributed by atoms with Crippen molar-refractivity contribution >= 4 is 40.6 Å². The SMILES string of the molecule is COc1ccc([C@@H]2C=C3c4ccc(C)cc4OC(=O)[C@@H]3[C@H]3C(=O)N(c4ccccc4Cl)C(=O)[C@@H]32)cc1. The Kier molecular flexibility index (Phi) is 5.23. The highest BCUT2D eigenvalue weighted by atomic mass is 35.5. The average Bonchev–Trinajstić information content (AvgIpc) is 3.13. The molecule has 1 saturated heterocycles. The molecular weight excluding hydrogens is 478 g/mol. The number of allylic oxidation sites excluding steroid dienone is 1. The monoisotopic (exact) mass is 499 g/mol. The smallest absolute Gasteiger partial charge is 0.319 e. The molecule has 0 bridgehead atoms. The van der Waals surface area contributed by atoms with Crippen LogP contribution in [0.1, 0.15) is 22.6 Å². The zero-order chi connectivity index (χ0) is 25.1. The molecule has 0 saturated carbocycles. The Bertz CT molecular complexity index is 1460. The molecule has 3 aromatic rings. The number of anilines is 1. The lowest BCUT2D eigenvalue weighted by molar-refractivity contribution is -0.142. The van der Waals surface area contributed by atoms with E-state index in [0.717, 1.165) is 21.6 Å². The van der Waals surface area contributed by atoms with Crippen LogP contribution >= 0.6 is 11.6 Å². The summed E-state index contributed by atoms with van der Waals surface area (Å²) in [6, 6.07) is 19.9. The fraction of sp³-hybridized carbons (Fsp3) is 0.207. The summed E-state index contributed by atoms with van der Waals surface area (Å²) in [5.41, 5.74) is 3.60. The van der Waals surface area contributed by atoms with Gasteiger partial charge in [-0.3, -0.25) is 14.4 Å². The number of ether oxygens (including phenoxy) is 2. The van der Waals surface area contributed by atoms with Crippen molar-refractivity contribution in [2.75, 3.05) is 12.0 Å². The van der Waals surface area contributed by atoms with Gasteiger partial charge >= 0.3 is 5.97 Å². The number of carbonyl (C=O) groups is 3. The second-order valence-corrected chi connectivity index (χ2v) is 9.74. The van der Waals surface area contributed by atoms with Crippen LogP contribution in [0.15, 0.2) is 72.8 Å². The Balaban J connectivity index is 1.55. The third kappa shape index (κ3) is 3.28. The van der Waals surface area contributed by atoms with E-state index in [4.69, 9.17) is 21.1 Å². The van der Waals surface area contributed by atoms with Crippen molar-refractivity contribution in [1.82, 2.24) is 0 Å². The number of carbonyl (C=O) groups excluding carboxylic acids is 3. The number of hydrogen-bond acceptors (Lipinski definition) is 5. The molecule has 1 aliphatic carbocycles. The van der Waals surface area contributed by atoms with Gasteiger partial charge in [-0.1, -0.05) is 54.1 Å². The Morgan fingerprint density at radius 1 is 0.917 bits per heavy atom. The van der Waals surface area contributed by atoms with E-state index in [2.05, 4.69) is 0 Å². The van der Waals surface area contributed by atoms with E-state index >= 15 is 0 Å². The number of halogens is 1. The minimum Gasteiger partial charge on any atom is -0.497 e. The second-order valence-electron chi connectivity index (χ2n) is 9.33. The summed E-state index contributed by atoms with van der Waals surface area (Å²) in [5, 5.41) is 0.291. The molecule has 2 aliphatic heterocycles. The van der Waals surface area contributed by atoms with Crippen LogP contribution < -0.4 is 14.4 Å². The molecule has 2 heterocycles. The molecule has 0 aromatic heterocycles. The number of nitrogens with zero attached hydrogens (tertiary/aromatic N) is 1. The van der Waals surface area contributed by atoms with E-state index in [1.54, 1.807) is 31.4 Å². The summed E-state index contributed by atoms with van der Waals surface area (Å²) in [6.45, 7) is 1.92. The number of amides is 2. The average molecular weight is 500 g/mol. The van der Waals surface area contributed by atoms with Gasteiger partial charge in [0.2, 0.25) is 11.8 Å². The van der Waals surface area contributed by atoms with Crippen LogP contribution in [-0.4, -0.2) is 24.9 Å². The predicted molar refractivity (Wildman–Crippen MR) is 135 cm³/mol. The number of esters is 1. The van der Waals surface area contributed by atoms with Crippen LogP contribution in [0.5, 0.6) is 11.5 Å². The van der Waals surface area contributed by atoms with Crippen LogP contribution in [0, 0.1) is 24.7 Å². The number of hydrogen-bond donors (Lipinski definition) is 0. The second kappa shape index (κ2) is 8.35. The molecular formula is C29H22ClNO5. The fourth-order valence-electron chi connectivity index (χ4n) is 5.69. The van der Waals surface area contributed by atoms with Gasteiger partial charge in [0.15, 0.2) is 0 Å². The fourth-order valence-corrected chi connectivity index (χ4v) is 5.91. The zero-order valence-electron chi connectivity index (χ0n) is 19.6. The van der Waals surface area contributed by atoms with Crippen LogP contribution in [0.4, 0.5) is 5.69 Å². The van der Waals surface area contributed by atoms with E-state index < -0.39 is 35.5 Å². The van der Waals surface area contributed by atoms with Gasteiger partial charge in [0.25, 0.3) is 0 Å². The third-order valence-electron chi connectivity index (χ3n) is 7.34. The maximum Gasteiger partial charge on any atom is 0.319 e. The van der Waals surface area contributed by atoms with Crippen molar-refractivity contribution in [3.63, 3.8) is 0 Å². The lowest BCUT2D eigenvalue weighted by Gasteiger charge is -2.38. The molecule has 0 spiro atoms. The molecule has 3 aromatic carbocycles. The summed E-state index contributed by atoms with van der Waals surface area (Å²) in [6.07, 6.45) is 1.96. The first-order valence-corrected chi connectivity index (χ1v) is 12.1. The molecule has 1 fully saturated rings. The lowest BCUT2D eigenvalue weighted by Crippen LogP contribution is -2.42. The largest absolute Gasteiger partial charge is 0.497 e. The molecule has 0 unspecified atom stereocenters. The third-order valence-corrected chi connectivity index (χ3v) is 7.66. The van der Waals surface area contributed by atoms with Crippen LogP contribution in [0.25, 0.3) is 5.57 Å². The lowest BCUT2D eigenvalue weighted by atomic mass is 9.64. The highest BCUT2D eigenvalue weighted by molar-refractivity contribution is 6.36. The highest BCUT2D eigenvalue weighted by Crippen LogP contribution is 2.55. The van der Waals surface area contributed by atoms with Gasteiger partial charge in [0.05, 0.1) is 35.6 Å². The van der Waals surface area contributed by atoms with E-state index in [-0.39, 0.29) is 5.91 Å². The molecule has 0 N–H and O–H groups in total. The van der Waals surface area contributed by atoms with Crippen LogP contribution in [-0.2, 0) is 14.4 Å². The van der Waals surface area contributed by atoms with E-state index in [0.29, 0.717) is 27.8 Å². The molecule has 4 atom stereocenters. The van der Waals surface area contributed by atoms with E-state index in [9.17, 15) is 14.4 Å². The maximum atomic E-state index is 13.9. The zero-order valence-corrected chi connectivity index (χ0v) is 20.4. The van der Waals surface area contributed by atoms with Crippen LogP contribution in [0.2, 0.25) is 5.02 Å². The Morgan fingerprint density at radius 3 is 2.36 bits per heavy atom. The number of rotatable bonds is 3. The molecule has 36 heavy (non-hydrogen) atoms. The number of imide groups is 1. The van der Waals surface area contributed by atoms with E-state index in [1.165, 1.54) is 0 Å². The summed E-state index contributed by atoms with van der Waals surface area (Å²) in [7, 11) is 1.59. The highest BCUT2D eigenvalue weighted by Gasteiger charge is 2.60. The first kappa shape index (κ1) is 22.6. The summed E-state index contributed by atoms with van der Waals surface area (Å²) in [5.74, 6) is -3.21. The summed E-state index contributed by atoms with van der Waals surface area (Å²) >= 11 is 6.40. The van der Waals surface area contributed by atoms with Crippen molar-refractivity contribution in [1.29, 1.82) is 0 Å². The van der Waals surface area contributed by atoms with Crippen LogP contribution in [0.3, 0.4) is 0 Å². The van der Waals surface area contributed by atoms with Gasteiger partial charge in [-0.25, -0.2) is 4.90 Å². The molecule has 6 nitrogen and oxygen atoms in total. The van der Waals surface area contributed by atoms with Crippen molar-refractivity contribution < 1.29 is 23.9 Å². The number of methoxy groups -OCH3 is 1. The molecule has 6 rings (SSSR count). The Labute approximate surface area is 213 Å². The Hall–Kier alpha value is -3.90. The van der Waals surface area contributed by atoms with E-state index in [1.807, 2.05) is 55.5 Å². The van der Waals surface area contributed by atoms with Crippen molar-refractivity contribution in [2.24, 2.45) is 17.8 Å². The molecule has 0 radical (unpaired) electrons. The van der Waals surface area contributed by atoms with Gasteiger partial charge in [-0.2, -0.15) is 0 Å². The van der Waals surface area contributed by atoms with Gasteiger partial charge in [0, 0.05) is 11.5 Å². The van der Waals surface area contributed by atoms with Gasteiger partial charge in [0.1, 0.15) is 11.5 Å². The van der Waals surface area contributed by atoms with Gasteiger partial charge in [-0.15, -0.1) is 0 Å². The standard InChI is InChI=1S/C29H22ClNO5/c1-15-7-12-18-20-14-19(16-8-10-17(35-2)11-9-16)24-26(25(20)29(34)36-23(18)13-15)28(33)31(27(24)32)22-6-4-3-5-21(22)30/h3-14,19,24-26H,1-2H3/t19-,24+,25-,26-/m0/s1.